The average Bonchev–Trinajstić information content (AvgIpc) is 3.10. The van der Waals surface area contributed by atoms with Gasteiger partial charge in [0.15, 0.2) is 5.96 Å². The third-order valence-electron chi connectivity index (χ3n) is 9.10. The second-order valence-electron chi connectivity index (χ2n) is 12.5. The van der Waals surface area contributed by atoms with Gasteiger partial charge in [0.1, 0.15) is 0 Å². The van der Waals surface area contributed by atoms with Gasteiger partial charge >= 0.3 is 0 Å². The van der Waals surface area contributed by atoms with Crippen molar-refractivity contribution in [3.63, 3.8) is 0 Å². The van der Waals surface area contributed by atoms with Crippen LogP contribution in [0.25, 0.3) is 21.9 Å². The van der Waals surface area contributed by atoms with E-state index in [4.69, 9.17) is 34.7 Å². The molecule has 0 unspecified atom stereocenters. The summed E-state index contributed by atoms with van der Waals surface area (Å²) in [4.78, 5) is 36.8. The van der Waals surface area contributed by atoms with Gasteiger partial charge in [0.05, 0.1) is 12.5 Å². The van der Waals surface area contributed by atoms with Crippen LogP contribution in [-0.2, 0) is 17.6 Å². The molecule has 5 aromatic rings. The standard InChI is InChI=1S/C40H39Cl2N5O2/c41-33-17-18-36(37(42)24-33)31-12-6-13-32(23-31)39(49)47-26-35(21-27-8-2-1-3-9-27)46(25-34(47)14-7-19-45-40(43)44)38(48)22-28-15-16-29-10-4-5-11-30(29)20-28/h1-6,8-13,15-18,20,23-24,34-35H,7,14,19,21-22,25-26H2,(H4,43,44,45)/t34-,35+/m0/s1. The Morgan fingerprint density at radius 2 is 1.49 bits per heavy atom. The molecule has 5 aromatic carbocycles. The summed E-state index contributed by atoms with van der Waals surface area (Å²) in [6.07, 6.45) is 2.18. The summed E-state index contributed by atoms with van der Waals surface area (Å²) >= 11 is 12.7. The maximum absolute atomic E-state index is 14.5. The zero-order valence-corrected chi connectivity index (χ0v) is 28.7. The number of fused-ring (bicyclic) bond motifs is 1. The maximum Gasteiger partial charge on any atom is 0.254 e. The van der Waals surface area contributed by atoms with Crippen LogP contribution in [0, 0.1) is 0 Å². The van der Waals surface area contributed by atoms with Crippen molar-refractivity contribution < 1.29 is 9.59 Å². The molecule has 0 radical (unpaired) electrons. The second kappa shape index (κ2) is 15.6. The first-order chi connectivity index (χ1) is 23.7. The first-order valence-corrected chi connectivity index (χ1v) is 17.2. The summed E-state index contributed by atoms with van der Waals surface area (Å²) in [6, 6.07) is 36.8. The quantitative estimate of drug-likeness (QED) is 0.0906. The van der Waals surface area contributed by atoms with E-state index in [1.807, 2.05) is 76.5 Å². The van der Waals surface area contributed by atoms with E-state index < -0.39 is 0 Å². The first kappa shape index (κ1) is 34.0. The van der Waals surface area contributed by atoms with Crippen molar-refractivity contribution in [3.8, 4) is 11.1 Å². The van der Waals surface area contributed by atoms with Crippen molar-refractivity contribution in [2.45, 2.75) is 37.8 Å². The van der Waals surface area contributed by atoms with Crippen LogP contribution in [0.5, 0.6) is 0 Å². The molecule has 0 spiro atoms. The van der Waals surface area contributed by atoms with E-state index in [0.717, 1.165) is 33.0 Å². The normalized spacial score (nSPS) is 16.0. The van der Waals surface area contributed by atoms with Crippen LogP contribution in [-0.4, -0.2) is 59.3 Å². The highest BCUT2D eigenvalue weighted by atomic mass is 35.5. The number of carbonyl (C=O) groups is 2. The minimum Gasteiger partial charge on any atom is -0.370 e. The van der Waals surface area contributed by atoms with Gasteiger partial charge in [0.25, 0.3) is 5.91 Å². The number of hydrogen-bond acceptors (Lipinski definition) is 3. The molecule has 2 amide bonds. The molecule has 49 heavy (non-hydrogen) atoms. The number of nitrogens with two attached hydrogens (primary N) is 2. The molecular formula is C40H39Cl2N5O2. The number of halogens is 2. The molecule has 1 saturated heterocycles. The van der Waals surface area contributed by atoms with E-state index in [1.54, 1.807) is 12.1 Å². The molecule has 1 fully saturated rings. The molecule has 6 rings (SSSR count). The van der Waals surface area contributed by atoms with E-state index in [2.05, 4.69) is 41.4 Å². The van der Waals surface area contributed by atoms with Gasteiger partial charge in [-0.15, -0.1) is 0 Å². The van der Waals surface area contributed by atoms with Crippen molar-refractivity contribution in [2.75, 3.05) is 19.6 Å². The summed E-state index contributed by atoms with van der Waals surface area (Å²) in [7, 11) is 0. The molecule has 0 aliphatic carbocycles. The SMILES string of the molecule is NC(N)=NCCC[C@H]1CN(C(=O)Cc2ccc3ccccc3c2)[C@H](Cc2ccccc2)CN1C(=O)c1cccc(-c2ccc(Cl)cc2Cl)c1. The van der Waals surface area contributed by atoms with Crippen LogP contribution in [0.1, 0.15) is 34.3 Å². The highest BCUT2D eigenvalue weighted by Crippen LogP contribution is 2.32. The number of piperazine rings is 1. The molecule has 9 heteroatoms. The van der Waals surface area contributed by atoms with E-state index >= 15 is 0 Å². The van der Waals surface area contributed by atoms with Crippen LogP contribution < -0.4 is 11.5 Å². The van der Waals surface area contributed by atoms with Crippen LogP contribution in [0.3, 0.4) is 0 Å². The Labute approximate surface area is 297 Å². The molecule has 4 N–H and O–H groups in total. The summed E-state index contributed by atoms with van der Waals surface area (Å²) in [5, 5.41) is 3.29. The van der Waals surface area contributed by atoms with E-state index in [9.17, 15) is 9.59 Å². The van der Waals surface area contributed by atoms with Crippen molar-refractivity contribution in [3.05, 3.63) is 142 Å². The highest BCUT2D eigenvalue weighted by Gasteiger charge is 2.38. The number of aliphatic imine (C=N–C) groups is 1. The monoisotopic (exact) mass is 691 g/mol. The Morgan fingerprint density at radius 1 is 0.735 bits per heavy atom. The van der Waals surface area contributed by atoms with Crippen molar-refractivity contribution >= 4 is 51.7 Å². The second-order valence-corrected chi connectivity index (χ2v) is 13.4. The van der Waals surface area contributed by atoms with Gasteiger partial charge in [0, 0.05) is 46.8 Å². The van der Waals surface area contributed by atoms with Gasteiger partial charge in [-0.05, 0) is 71.0 Å². The van der Waals surface area contributed by atoms with Gasteiger partial charge in [0.2, 0.25) is 5.91 Å². The predicted octanol–water partition coefficient (Wildman–Crippen LogP) is 7.37. The lowest BCUT2D eigenvalue weighted by Crippen LogP contribution is -2.62. The summed E-state index contributed by atoms with van der Waals surface area (Å²) in [6.45, 7) is 1.22. The van der Waals surface area contributed by atoms with Crippen LogP contribution >= 0.6 is 23.2 Å². The fourth-order valence-corrected chi connectivity index (χ4v) is 7.20. The summed E-state index contributed by atoms with van der Waals surface area (Å²) < 4.78 is 0. The molecule has 0 saturated carbocycles. The number of rotatable bonds is 10. The Bertz CT molecular complexity index is 1980. The van der Waals surface area contributed by atoms with Crippen LogP contribution in [0.15, 0.2) is 120 Å². The number of nitrogens with zero attached hydrogens (tertiary/aromatic N) is 3. The third-order valence-corrected chi connectivity index (χ3v) is 9.65. The van der Waals surface area contributed by atoms with Gasteiger partial charge in [-0.3, -0.25) is 14.6 Å². The number of benzene rings is 5. The van der Waals surface area contributed by atoms with Crippen molar-refractivity contribution in [2.24, 2.45) is 16.5 Å². The van der Waals surface area contributed by atoms with Crippen molar-refractivity contribution in [1.29, 1.82) is 0 Å². The van der Waals surface area contributed by atoms with Gasteiger partial charge in [-0.1, -0.05) is 114 Å². The maximum atomic E-state index is 14.5. The van der Waals surface area contributed by atoms with E-state index in [1.165, 1.54) is 0 Å². The first-order valence-electron chi connectivity index (χ1n) is 16.5. The van der Waals surface area contributed by atoms with Crippen molar-refractivity contribution in [1.82, 2.24) is 9.80 Å². The fraction of sp³-hybridized carbons (Fsp3) is 0.225. The number of guanidine groups is 1. The Morgan fingerprint density at radius 3 is 2.27 bits per heavy atom. The van der Waals surface area contributed by atoms with E-state index in [0.29, 0.717) is 54.5 Å². The van der Waals surface area contributed by atoms with Crippen LogP contribution in [0.4, 0.5) is 0 Å². The molecular weight excluding hydrogens is 653 g/mol. The Hall–Kier alpha value is -4.85. The van der Waals surface area contributed by atoms with Crippen LogP contribution in [0.2, 0.25) is 10.0 Å². The molecule has 1 aliphatic rings. The molecule has 2 atom stereocenters. The third kappa shape index (κ3) is 8.42. The molecule has 0 bridgehead atoms. The van der Waals surface area contributed by atoms with Gasteiger partial charge in [-0.2, -0.15) is 0 Å². The average molecular weight is 693 g/mol. The smallest absolute Gasteiger partial charge is 0.254 e. The highest BCUT2D eigenvalue weighted by molar-refractivity contribution is 6.36. The lowest BCUT2D eigenvalue weighted by atomic mass is 9.94. The summed E-state index contributed by atoms with van der Waals surface area (Å²) in [5.41, 5.74) is 15.4. The summed E-state index contributed by atoms with van der Waals surface area (Å²) in [5.74, 6) is -0.0280. The minimum atomic E-state index is -0.239. The predicted molar refractivity (Wildman–Crippen MR) is 200 cm³/mol. The molecule has 250 valence electrons. The lowest BCUT2D eigenvalue weighted by Gasteiger charge is -2.47. The molecule has 0 aromatic heterocycles. The largest absolute Gasteiger partial charge is 0.370 e. The molecule has 1 heterocycles. The Kier molecular flexibility index (Phi) is 10.8. The number of amides is 2. The zero-order valence-electron chi connectivity index (χ0n) is 27.1. The fourth-order valence-electron chi connectivity index (χ4n) is 6.68. The van der Waals surface area contributed by atoms with Gasteiger partial charge < -0.3 is 21.3 Å². The molecule has 1 aliphatic heterocycles. The number of carbonyl (C=O) groups excluding carboxylic acids is 2. The topological polar surface area (TPSA) is 105 Å². The lowest BCUT2D eigenvalue weighted by molar-refractivity contribution is -0.136. The Balaban J connectivity index is 1.31. The number of hydrogen-bond donors (Lipinski definition) is 2. The zero-order chi connectivity index (χ0) is 34.3. The molecule has 7 nitrogen and oxygen atoms in total. The van der Waals surface area contributed by atoms with E-state index in [-0.39, 0.29) is 36.3 Å². The van der Waals surface area contributed by atoms with Gasteiger partial charge in [-0.25, -0.2) is 0 Å². The minimum absolute atomic E-state index is 0.0318.